The molecule has 19 heavy (non-hydrogen) atoms. The van der Waals surface area contributed by atoms with Crippen molar-refractivity contribution in [3.8, 4) is 0 Å². The van der Waals surface area contributed by atoms with Crippen LogP contribution in [0.15, 0.2) is 18.2 Å². The van der Waals surface area contributed by atoms with E-state index >= 15 is 0 Å². The molecule has 1 fully saturated rings. The molecule has 0 unspecified atom stereocenters. The van der Waals surface area contributed by atoms with Gasteiger partial charge in [-0.1, -0.05) is 0 Å². The predicted molar refractivity (Wildman–Crippen MR) is 72.5 cm³/mol. The number of aryl methyl sites for hydroxylation is 1. The highest BCUT2D eigenvalue weighted by molar-refractivity contribution is 5.93. The van der Waals surface area contributed by atoms with Gasteiger partial charge in [-0.05, 0) is 56.9 Å². The average Bonchev–Trinajstić information content (AvgIpc) is 2.29. The topological polar surface area (TPSA) is 78.4 Å². The minimum atomic E-state index is -0.971. The molecule has 3 N–H and O–H groups in total. The molecule has 0 aliphatic heterocycles. The number of hydrogen-bond acceptors (Lipinski definition) is 2. The smallest absolute Gasteiger partial charge is 0.335 e. The van der Waals surface area contributed by atoms with Crippen LogP contribution in [0.5, 0.6) is 0 Å². The average molecular weight is 262 g/mol. The minimum absolute atomic E-state index is 0.0982. The molecule has 1 aromatic rings. The monoisotopic (exact) mass is 262 g/mol. The normalized spacial score (nSPS) is 16.3. The second kappa shape index (κ2) is 4.91. The first-order chi connectivity index (χ1) is 8.89. The first-order valence-corrected chi connectivity index (χ1v) is 6.33. The maximum atomic E-state index is 11.9. The molecule has 0 atom stereocenters. The minimum Gasteiger partial charge on any atom is -0.478 e. The Balaban J connectivity index is 2.02. The number of anilines is 1. The molecule has 1 aliphatic carbocycles. The highest BCUT2D eigenvalue weighted by Crippen LogP contribution is 2.31. The van der Waals surface area contributed by atoms with E-state index in [-0.39, 0.29) is 17.1 Å². The van der Waals surface area contributed by atoms with Gasteiger partial charge in [0.05, 0.1) is 5.56 Å². The van der Waals surface area contributed by atoms with Crippen LogP contribution in [0.25, 0.3) is 0 Å². The van der Waals surface area contributed by atoms with Gasteiger partial charge in [0.15, 0.2) is 0 Å². The summed E-state index contributed by atoms with van der Waals surface area (Å²) in [5.41, 5.74) is 1.48. The van der Waals surface area contributed by atoms with Gasteiger partial charge in [-0.25, -0.2) is 9.59 Å². The van der Waals surface area contributed by atoms with E-state index in [2.05, 4.69) is 10.6 Å². The van der Waals surface area contributed by atoms with Crippen LogP contribution >= 0.6 is 0 Å². The number of hydrogen-bond donors (Lipinski definition) is 3. The Morgan fingerprint density at radius 1 is 1.32 bits per heavy atom. The first-order valence-electron chi connectivity index (χ1n) is 6.33. The number of carboxylic acids is 1. The number of amides is 2. The predicted octanol–water partition coefficient (Wildman–Crippen LogP) is 2.76. The maximum absolute atomic E-state index is 11.9. The fraction of sp³-hybridized carbons (Fsp3) is 0.429. The zero-order chi connectivity index (χ0) is 14.0. The molecule has 5 nitrogen and oxygen atoms in total. The van der Waals surface area contributed by atoms with Crippen LogP contribution in [0.1, 0.15) is 42.1 Å². The molecule has 0 heterocycles. The van der Waals surface area contributed by atoms with Gasteiger partial charge in [0, 0.05) is 11.2 Å². The number of benzene rings is 1. The standard InChI is InChI=1S/C14H18N2O3/c1-9-8-10(12(17)18)4-5-11(9)15-13(19)16-14(2)6-3-7-14/h4-5,8H,3,6-7H2,1-2H3,(H,17,18)(H2,15,16,19). The number of urea groups is 1. The van der Waals surface area contributed by atoms with Crippen molar-refractivity contribution in [1.82, 2.24) is 5.32 Å². The van der Waals surface area contributed by atoms with E-state index in [0.29, 0.717) is 5.69 Å². The molecule has 5 heteroatoms. The fourth-order valence-electron chi connectivity index (χ4n) is 2.20. The van der Waals surface area contributed by atoms with Crippen LogP contribution in [0, 0.1) is 6.92 Å². The van der Waals surface area contributed by atoms with Gasteiger partial charge in [0.25, 0.3) is 0 Å². The summed E-state index contributed by atoms with van der Waals surface area (Å²) in [5.74, 6) is -0.971. The molecule has 0 saturated heterocycles. The second-order valence-corrected chi connectivity index (χ2v) is 5.33. The summed E-state index contributed by atoms with van der Waals surface area (Å²) < 4.78 is 0. The summed E-state index contributed by atoms with van der Waals surface area (Å²) in [5, 5.41) is 14.6. The summed E-state index contributed by atoms with van der Waals surface area (Å²) in [6, 6.07) is 4.40. The Bertz CT molecular complexity index is 521. The van der Waals surface area contributed by atoms with Crippen molar-refractivity contribution in [2.45, 2.75) is 38.6 Å². The van der Waals surface area contributed by atoms with Crippen molar-refractivity contribution in [2.24, 2.45) is 0 Å². The SMILES string of the molecule is Cc1cc(C(=O)O)ccc1NC(=O)NC1(C)CCC1. The maximum Gasteiger partial charge on any atom is 0.335 e. The van der Waals surface area contributed by atoms with Crippen molar-refractivity contribution in [3.05, 3.63) is 29.3 Å². The molecule has 2 amide bonds. The van der Waals surface area contributed by atoms with Gasteiger partial charge < -0.3 is 15.7 Å². The number of aromatic carboxylic acids is 1. The zero-order valence-electron chi connectivity index (χ0n) is 11.1. The Morgan fingerprint density at radius 2 is 2.00 bits per heavy atom. The number of rotatable bonds is 3. The van der Waals surface area contributed by atoms with Crippen LogP contribution in [0.3, 0.4) is 0 Å². The van der Waals surface area contributed by atoms with Crippen LogP contribution in [-0.2, 0) is 0 Å². The van der Waals surface area contributed by atoms with Crippen LogP contribution < -0.4 is 10.6 Å². The van der Waals surface area contributed by atoms with Gasteiger partial charge in [-0.2, -0.15) is 0 Å². The second-order valence-electron chi connectivity index (χ2n) is 5.33. The van der Waals surface area contributed by atoms with E-state index in [1.807, 2.05) is 6.92 Å². The molecular weight excluding hydrogens is 244 g/mol. The number of carbonyl (C=O) groups excluding carboxylic acids is 1. The van der Waals surface area contributed by atoms with Crippen molar-refractivity contribution < 1.29 is 14.7 Å². The van der Waals surface area contributed by atoms with Crippen LogP contribution in [-0.4, -0.2) is 22.6 Å². The summed E-state index contributed by atoms with van der Waals surface area (Å²) in [4.78, 5) is 22.7. The summed E-state index contributed by atoms with van der Waals surface area (Å²) >= 11 is 0. The van der Waals surface area contributed by atoms with Crippen LogP contribution in [0.2, 0.25) is 0 Å². The molecule has 1 saturated carbocycles. The van der Waals surface area contributed by atoms with Crippen molar-refractivity contribution in [1.29, 1.82) is 0 Å². The van der Waals surface area contributed by atoms with Crippen molar-refractivity contribution in [3.63, 3.8) is 0 Å². The van der Waals surface area contributed by atoms with Gasteiger partial charge >= 0.3 is 12.0 Å². The van der Waals surface area contributed by atoms with Gasteiger partial charge in [0.1, 0.15) is 0 Å². The summed E-state index contributed by atoms with van der Waals surface area (Å²) in [7, 11) is 0. The number of carboxylic acid groups (broad SMARTS) is 1. The third-order valence-corrected chi connectivity index (χ3v) is 3.59. The number of carbonyl (C=O) groups is 2. The van der Waals surface area contributed by atoms with Gasteiger partial charge in [0.2, 0.25) is 0 Å². The van der Waals surface area contributed by atoms with Crippen molar-refractivity contribution in [2.75, 3.05) is 5.32 Å². The molecule has 0 radical (unpaired) electrons. The molecule has 0 spiro atoms. The Morgan fingerprint density at radius 3 is 2.47 bits per heavy atom. The van der Waals surface area contributed by atoms with E-state index in [9.17, 15) is 9.59 Å². The van der Waals surface area contributed by atoms with E-state index in [1.54, 1.807) is 19.1 Å². The number of nitrogens with one attached hydrogen (secondary N) is 2. The van der Waals surface area contributed by atoms with Gasteiger partial charge in [-0.15, -0.1) is 0 Å². The molecule has 2 rings (SSSR count). The Labute approximate surface area is 112 Å². The van der Waals surface area contributed by atoms with E-state index in [4.69, 9.17) is 5.11 Å². The fourth-order valence-corrected chi connectivity index (χ4v) is 2.20. The van der Waals surface area contributed by atoms with E-state index in [1.165, 1.54) is 6.07 Å². The lowest BCUT2D eigenvalue weighted by atomic mass is 9.79. The zero-order valence-corrected chi connectivity index (χ0v) is 11.1. The van der Waals surface area contributed by atoms with Crippen molar-refractivity contribution >= 4 is 17.7 Å². The molecule has 1 aromatic carbocycles. The van der Waals surface area contributed by atoms with Crippen LogP contribution in [0.4, 0.5) is 10.5 Å². The molecule has 0 bridgehead atoms. The quantitative estimate of drug-likeness (QED) is 0.783. The Hall–Kier alpha value is -2.04. The molecular formula is C14H18N2O3. The molecule has 102 valence electrons. The third-order valence-electron chi connectivity index (χ3n) is 3.59. The Kier molecular flexibility index (Phi) is 3.46. The molecule has 1 aliphatic rings. The van der Waals surface area contributed by atoms with Gasteiger partial charge in [-0.3, -0.25) is 0 Å². The summed E-state index contributed by atoms with van der Waals surface area (Å²) in [6.45, 7) is 3.80. The van der Waals surface area contributed by atoms with E-state index in [0.717, 1.165) is 24.8 Å². The lowest BCUT2D eigenvalue weighted by molar-refractivity contribution is 0.0697. The summed E-state index contributed by atoms with van der Waals surface area (Å²) in [6.07, 6.45) is 3.14. The van der Waals surface area contributed by atoms with E-state index < -0.39 is 5.97 Å². The molecule has 0 aromatic heterocycles. The largest absolute Gasteiger partial charge is 0.478 e. The first kappa shape index (κ1) is 13.4. The third kappa shape index (κ3) is 3.05. The lowest BCUT2D eigenvalue weighted by Crippen LogP contribution is -2.52. The highest BCUT2D eigenvalue weighted by atomic mass is 16.4. The lowest BCUT2D eigenvalue weighted by Gasteiger charge is -2.39. The highest BCUT2D eigenvalue weighted by Gasteiger charge is 2.33.